The molecule has 0 fully saturated rings. The molecule has 1 aromatic heterocycles. The molecule has 0 aliphatic carbocycles. The van der Waals surface area contributed by atoms with Gasteiger partial charge in [-0.2, -0.15) is 5.10 Å². The smallest absolute Gasteiger partial charge is 0.266 e. The van der Waals surface area contributed by atoms with Crippen molar-refractivity contribution in [2.24, 2.45) is 0 Å². The summed E-state index contributed by atoms with van der Waals surface area (Å²) in [6, 6.07) is 15.1. The molecular formula is C21H22ClN3O4S. The van der Waals surface area contributed by atoms with E-state index in [0.717, 1.165) is 11.3 Å². The molecule has 1 N–H and O–H groups in total. The predicted molar refractivity (Wildman–Crippen MR) is 116 cm³/mol. The Hall–Kier alpha value is -2.68. The molecule has 0 aliphatic heterocycles. The quantitative estimate of drug-likeness (QED) is 0.572. The van der Waals surface area contributed by atoms with Crippen LogP contribution in [0.15, 0.2) is 64.3 Å². The van der Waals surface area contributed by atoms with Crippen molar-refractivity contribution in [1.82, 2.24) is 14.5 Å². The van der Waals surface area contributed by atoms with Crippen molar-refractivity contribution in [3.8, 4) is 17.0 Å². The number of nitrogens with one attached hydrogen (secondary N) is 1. The van der Waals surface area contributed by atoms with Crippen LogP contribution in [-0.2, 0) is 16.6 Å². The fraction of sp³-hybridized carbons (Fsp3) is 0.238. The maximum absolute atomic E-state index is 12.6. The Labute approximate surface area is 180 Å². The molecule has 0 saturated carbocycles. The highest BCUT2D eigenvalue weighted by atomic mass is 35.5. The molecule has 158 valence electrons. The first-order valence-corrected chi connectivity index (χ1v) is 11.2. The summed E-state index contributed by atoms with van der Waals surface area (Å²) in [5, 5.41) is 4.72. The van der Waals surface area contributed by atoms with Crippen molar-refractivity contribution >= 4 is 21.6 Å². The van der Waals surface area contributed by atoms with Gasteiger partial charge in [-0.25, -0.2) is 17.8 Å². The predicted octanol–water partition coefficient (Wildman–Crippen LogP) is 3.25. The molecule has 0 unspecified atom stereocenters. The van der Waals surface area contributed by atoms with Gasteiger partial charge in [-0.15, -0.1) is 0 Å². The number of benzene rings is 2. The Balaban J connectivity index is 1.73. The van der Waals surface area contributed by atoms with E-state index in [1.807, 2.05) is 31.2 Å². The van der Waals surface area contributed by atoms with E-state index in [9.17, 15) is 13.2 Å². The van der Waals surface area contributed by atoms with Crippen molar-refractivity contribution in [3.05, 3.63) is 75.5 Å². The number of ether oxygens (including phenoxy) is 1. The monoisotopic (exact) mass is 447 g/mol. The summed E-state index contributed by atoms with van der Waals surface area (Å²) < 4.78 is 34.3. The Morgan fingerprint density at radius 1 is 1.10 bits per heavy atom. The van der Waals surface area contributed by atoms with Gasteiger partial charge in [-0.3, -0.25) is 4.79 Å². The molecule has 3 rings (SSSR count). The van der Waals surface area contributed by atoms with E-state index in [-0.39, 0.29) is 23.5 Å². The van der Waals surface area contributed by atoms with Crippen LogP contribution in [0.4, 0.5) is 0 Å². The molecule has 0 amide bonds. The number of hydrogen-bond acceptors (Lipinski definition) is 5. The zero-order valence-corrected chi connectivity index (χ0v) is 18.2. The van der Waals surface area contributed by atoms with Crippen LogP contribution in [0.3, 0.4) is 0 Å². The van der Waals surface area contributed by atoms with Gasteiger partial charge in [0.15, 0.2) is 0 Å². The largest absolute Gasteiger partial charge is 0.494 e. The lowest BCUT2D eigenvalue weighted by atomic mass is 10.1. The second kappa shape index (κ2) is 9.42. The first-order chi connectivity index (χ1) is 14.3. The number of rotatable bonds is 8. The molecule has 0 radical (unpaired) electrons. The van der Waals surface area contributed by atoms with E-state index in [0.29, 0.717) is 22.9 Å². The zero-order valence-electron chi connectivity index (χ0n) is 16.6. The minimum Gasteiger partial charge on any atom is -0.494 e. The maximum Gasteiger partial charge on any atom is 0.266 e. The topological polar surface area (TPSA) is 90.3 Å². The van der Waals surface area contributed by atoms with Crippen LogP contribution in [0.2, 0.25) is 5.02 Å². The van der Waals surface area contributed by atoms with E-state index in [1.165, 1.54) is 16.8 Å². The van der Waals surface area contributed by atoms with Gasteiger partial charge in [0.1, 0.15) is 5.75 Å². The van der Waals surface area contributed by atoms with Crippen molar-refractivity contribution in [3.63, 3.8) is 0 Å². The number of aromatic nitrogens is 2. The fourth-order valence-corrected chi connectivity index (χ4v) is 4.41. The van der Waals surface area contributed by atoms with Crippen LogP contribution in [0.1, 0.15) is 12.5 Å². The summed E-state index contributed by atoms with van der Waals surface area (Å²) >= 11 is 6.02. The van der Waals surface area contributed by atoms with Gasteiger partial charge in [0.05, 0.1) is 23.7 Å². The molecule has 0 bridgehead atoms. The number of sulfonamides is 1. The molecular weight excluding hydrogens is 426 g/mol. The first-order valence-electron chi connectivity index (χ1n) is 9.38. The van der Waals surface area contributed by atoms with Crippen LogP contribution in [-0.4, -0.2) is 31.3 Å². The van der Waals surface area contributed by atoms with Crippen molar-refractivity contribution in [2.75, 3.05) is 13.2 Å². The highest BCUT2D eigenvalue weighted by Crippen LogP contribution is 2.22. The number of halogens is 1. The van der Waals surface area contributed by atoms with Crippen LogP contribution in [0.5, 0.6) is 5.75 Å². The van der Waals surface area contributed by atoms with Gasteiger partial charge in [-0.1, -0.05) is 17.7 Å². The SMILES string of the molecule is CCOc1ccc(-c2ccc(=O)n(CCNS(=O)(=O)c3cccc(Cl)c3C)n2)cc1. The van der Waals surface area contributed by atoms with Gasteiger partial charge < -0.3 is 4.74 Å². The highest BCUT2D eigenvalue weighted by molar-refractivity contribution is 7.89. The Morgan fingerprint density at radius 2 is 1.83 bits per heavy atom. The Bertz CT molecular complexity index is 1190. The molecule has 9 heteroatoms. The average Bonchev–Trinajstić information content (AvgIpc) is 2.72. The molecule has 7 nitrogen and oxygen atoms in total. The van der Waals surface area contributed by atoms with Crippen LogP contribution in [0.25, 0.3) is 11.3 Å². The van der Waals surface area contributed by atoms with E-state index in [4.69, 9.17) is 16.3 Å². The third-order valence-corrected chi connectivity index (χ3v) is 6.47. The first kappa shape index (κ1) is 22.0. The Morgan fingerprint density at radius 3 is 2.53 bits per heavy atom. The van der Waals surface area contributed by atoms with Crippen molar-refractivity contribution in [2.45, 2.75) is 25.3 Å². The van der Waals surface area contributed by atoms with E-state index >= 15 is 0 Å². The van der Waals surface area contributed by atoms with Crippen LogP contribution >= 0.6 is 11.6 Å². The van der Waals surface area contributed by atoms with Gasteiger partial charge in [0.25, 0.3) is 5.56 Å². The molecule has 2 aromatic carbocycles. The summed E-state index contributed by atoms with van der Waals surface area (Å²) in [5.41, 5.74) is 1.58. The van der Waals surface area contributed by atoms with Gasteiger partial charge in [0.2, 0.25) is 10.0 Å². The summed E-state index contributed by atoms with van der Waals surface area (Å²) in [6.07, 6.45) is 0. The summed E-state index contributed by atoms with van der Waals surface area (Å²) in [6.45, 7) is 4.22. The third kappa shape index (κ3) is 5.08. The lowest BCUT2D eigenvalue weighted by molar-refractivity contribution is 0.340. The van der Waals surface area contributed by atoms with Gasteiger partial charge in [-0.05, 0) is 61.9 Å². The minimum atomic E-state index is -3.76. The molecule has 0 saturated heterocycles. The van der Waals surface area contributed by atoms with Crippen molar-refractivity contribution < 1.29 is 13.2 Å². The standard InChI is InChI=1S/C21H22ClN3O4S/c1-3-29-17-9-7-16(8-10-17)19-11-12-21(26)25(24-19)14-13-23-30(27,28)20-6-4-5-18(22)15(20)2/h4-12,23H,3,13-14H2,1-2H3. The Kier molecular flexibility index (Phi) is 6.91. The normalized spacial score (nSPS) is 11.4. The molecule has 0 spiro atoms. The maximum atomic E-state index is 12.6. The summed E-state index contributed by atoms with van der Waals surface area (Å²) in [7, 11) is -3.76. The second-order valence-electron chi connectivity index (χ2n) is 6.50. The zero-order chi connectivity index (χ0) is 21.7. The van der Waals surface area contributed by atoms with Crippen LogP contribution in [0, 0.1) is 6.92 Å². The molecule has 0 atom stereocenters. The van der Waals surface area contributed by atoms with E-state index < -0.39 is 10.0 Å². The molecule has 3 aromatic rings. The van der Waals surface area contributed by atoms with Gasteiger partial charge >= 0.3 is 0 Å². The number of hydrogen-bond donors (Lipinski definition) is 1. The fourth-order valence-electron chi connectivity index (χ4n) is 2.89. The number of nitrogens with zero attached hydrogens (tertiary/aromatic N) is 2. The van der Waals surface area contributed by atoms with E-state index in [2.05, 4.69) is 9.82 Å². The average molecular weight is 448 g/mol. The summed E-state index contributed by atoms with van der Waals surface area (Å²) in [5.74, 6) is 0.750. The summed E-state index contributed by atoms with van der Waals surface area (Å²) in [4.78, 5) is 12.3. The second-order valence-corrected chi connectivity index (χ2v) is 8.64. The highest BCUT2D eigenvalue weighted by Gasteiger charge is 2.17. The lowest BCUT2D eigenvalue weighted by Gasteiger charge is -2.11. The van der Waals surface area contributed by atoms with E-state index in [1.54, 1.807) is 25.1 Å². The molecule has 1 heterocycles. The lowest BCUT2D eigenvalue weighted by Crippen LogP contribution is -2.32. The third-order valence-electron chi connectivity index (χ3n) is 4.45. The van der Waals surface area contributed by atoms with Gasteiger partial charge in [0, 0.05) is 23.2 Å². The molecule has 30 heavy (non-hydrogen) atoms. The molecule has 0 aliphatic rings. The minimum absolute atomic E-state index is 0.00786. The van der Waals surface area contributed by atoms with Crippen molar-refractivity contribution in [1.29, 1.82) is 0 Å². The van der Waals surface area contributed by atoms with Crippen LogP contribution < -0.4 is 15.0 Å².